The average Bonchev–Trinajstić information content (AvgIpc) is 2.50. The second-order valence-electron chi connectivity index (χ2n) is 5.44. The van der Waals surface area contributed by atoms with Crippen molar-refractivity contribution in [2.24, 2.45) is 18.9 Å². The van der Waals surface area contributed by atoms with Crippen LogP contribution in [0.2, 0.25) is 5.15 Å². The van der Waals surface area contributed by atoms with Crippen LogP contribution in [0, 0.1) is 18.8 Å². The molecule has 1 aromatic heterocycles. The Hall–Kier alpha value is -0.540. The summed E-state index contributed by atoms with van der Waals surface area (Å²) < 4.78 is 1.77. The van der Waals surface area contributed by atoms with Gasteiger partial charge in [-0.2, -0.15) is 5.10 Å². The van der Waals surface area contributed by atoms with Gasteiger partial charge in [0.05, 0.1) is 5.69 Å². The van der Waals surface area contributed by atoms with Crippen molar-refractivity contribution in [3.63, 3.8) is 0 Å². The SMILES string of the molecule is CCNC(C)C(Cc1c(C)nn(C)c1Cl)C(C)C. The van der Waals surface area contributed by atoms with Crippen molar-refractivity contribution in [1.29, 1.82) is 0 Å². The summed E-state index contributed by atoms with van der Waals surface area (Å²) in [4.78, 5) is 0. The predicted octanol–water partition coefficient (Wildman–Crippen LogP) is 3.19. The molecule has 1 N–H and O–H groups in total. The highest BCUT2D eigenvalue weighted by molar-refractivity contribution is 6.30. The Labute approximate surface area is 116 Å². The standard InChI is InChI=1S/C14H26ClN3/c1-7-16-10(4)12(9(2)3)8-13-11(5)17-18(6)14(13)15/h9-10,12,16H,7-8H2,1-6H3. The van der Waals surface area contributed by atoms with Crippen LogP contribution < -0.4 is 5.32 Å². The monoisotopic (exact) mass is 271 g/mol. The van der Waals surface area contributed by atoms with Gasteiger partial charge in [-0.25, -0.2) is 0 Å². The minimum absolute atomic E-state index is 0.491. The first-order valence-electron chi connectivity index (χ1n) is 6.79. The number of rotatable bonds is 6. The van der Waals surface area contributed by atoms with E-state index in [0.717, 1.165) is 23.8 Å². The molecule has 3 nitrogen and oxygen atoms in total. The van der Waals surface area contributed by atoms with Crippen LogP contribution in [-0.4, -0.2) is 22.4 Å². The maximum absolute atomic E-state index is 6.32. The van der Waals surface area contributed by atoms with Gasteiger partial charge in [-0.15, -0.1) is 0 Å². The molecule has 1 heterocycles. The molecule has 2 atom stereocenters. The molecule has 0 saturated heterocycles. The van der Waals surface area contributed by atoms with Crippen molar-refractivity contribution >= 4 is 11.6 Å². The Bertz CT molecular complexity index is 385. The van der Waals surface area contributed by atoms with E-state index in [1.165, 1.54) is 5.56 Å². The maximum atomic E-state index is 6.32. The number of nitrogens with zero attached hydrogens (tertiary/aromatic N) is 2. The average molecular weight is 272 g/mol. The first-order chi connectivity index (χ1) is 8.38. The van der Waals surface area contributed by atoms with Crippen LogP contribution in [0.4, 0.5) is 0 Å². The molecule has 1 aromatic rings. The van der Waals surface area contributed by atoms with E-state index in [1.807, 2.05) is 14.0 Å². The van der Waals surface area contributed by atoms with Gasteiger partial charge in [0.25, 0.3) is 0 Å². The highest BCUT2D eigenvalue weighted by Gasteiger charge is 2.24. The summed E-state index contributed by atoms with van der Waals surface area (Å²) in [5.74, 6) is 1.19. The molecule has 0 aliphatic heterocycles. The lowest BCUT2D eigenvalue weighted by Gasteiger charge is -2.28. The molecule has 0 radical (unpaired) electrons. The lowest BCUT2D eigenvalue weighted by atomic mass is 9.84. The Kier molecular flexibility index (Phi) is 5.67. The van der Waals surface area contributed by atoms with E-state index >= 15 is 0 Å². The zero-order chi connectivity index (χ0) is 13.9. The molecule has 0 aromatic carbocycles. The number of aryl methyl sites for hydroxylation is 2. The normalized spacial score (nSPS) is 15.1. The van der Waals surface area contributed by atoms with E-state index in [4.69, 9.17) is 11.6 Å². The molecule has 0 bridgehead atoms. The summed E-state index contributed by atoms with van der Waals surface area (Å²) >= 11 is 6.32. The Morgan fingerprint density at radius 3 is 2.33 bits per heavy atom. The summed E-state index contributed by atoms with van der Waals surface area (Å²) in [6, 6.07) is 0.491. The summed E-state index contributed by atoms with van der Waals surface area (Å²) in [6.45, 7) is 12.0. The van der Waals surface area contributed by atoms with Crippen LogP contribution in [0.5, 0.6) is 0 Å². The molecular formula is C14H26ClN3. The van der Waals surface area contributed by atoms with Gasteiger partial charge in [-0.05, 0) is 38.6 Å². The first-order valence-corrected chi connectivity index (χ1v) is 7.17. The van der Waals surface area contributed by atoms with Crippen LogP contribution in [0.1, 0.15) is 39.0 Å². The fraction of sp³-hybridized carbons (Fsp3) is 0.786. The molecule has 0 aliphatic rings. The maximum Gasteiger partial charge on any atom is 0.130 e. The Morgan fingerprint density at radius 2 is 1.94 bits per heavy atom. The third-order valence-electron chi connectivity index (χ3n) is 3.73. The van der Waals surface area contributed by atoms with Gasteiger partial charge < -0.3 is 5.32 Å². The number of nitrogens with one attached hydrogen (secondary N) is 1. The highest BCUT2D eigenvalue weighted by atomic mass is 35.5. The number of halogens is 1. The summed E-state index contributed by atoms with van der Waals surface area (Å²) in [6.07, 6.45) is 0.990. The van der Waals surface area contributed by atoms with E-state index in [2.05, 4.69) is 38.1 Å². The van der Waals surface area contributed by atoms with Crippen molar-refractivity contribution in [3.8, 4) is 0 Å². The van der Waals surface area contributed by atoms with E-state index in [-0.39, 0.29) is 0 Å². The molecule has 0 aliphatic carbocycles. The third kappa shape index (κ3) is 3.48. The zero-order valence-corrected chi connectivity index (χ0v) is 13.2. The van der Waals surface area contributed by atoms with Crippen LogP contribution in [-0.2, 0) is 13.5 Å². The van der Waals surface area contributed by atoms with Crippen LogP contribution in [0.25, 0.3) is 0 Å². The van der Waals surface area contributed by atoms with Gasteiger partial charge in [-0.1, -0.05) is 32.4 Å². The fourth-order valence-electron chi connectivity index (χ4n) is 2.60. The number of hydrogen-bond acceptors (Lipinski definition) is 2. The lowest BCUT2D eigenvalue weighted by molar-refractivity contribution is 0.291. The van der Waals surface area contributed by atoms with Crippen molar-refractivity contribution in [3.05, 3.63) is 16.4 Å². The van der Waals surface area contributed by atoms with Crippen LogP contribution in [0.15, 0.2) is 0 Å². The van der Waals surface area contributed by atoms with E-state index < -0.39 is 0 Å². The van der Waals surface area contributed by atoms with E-state index in [0.29, 0.717) is 17.9 Å². The molecule has 0 saturated carbocycles. The van der Waals surface area contributed by atoms with Crippen molar-refractivity contribution in [2.75, 3.05) is 6.54 Å². The summed E-state index contributed by atoms with van der Waals surface area (Å²) in [5, 5.41) is 8.69. The zero-order valence-electron chi connectivity index (χ0n) is 12.4. The molecule has 0 spiro atoms. The van der Waals surface area contributed by atoms with E-state index in [9.17, 15) is 0 Å². The van der Waals surface area contributed by atoms with Gasteiger partial charge in [0.1, 0.15) is 5.15 Å². The smallest absolute Gasteiger partial charge is 0.130 e. The topological polar surface area (TPSA) is 29.9 Å². The predicted molar refractivity (Wildman–Crippen MR) is 78.1 cm³/mol. The molecular weight excluding hydrogens is 246 g/mol. The quantitative estimate of drug-likeness (QED) is 0.861. The number of hydrogen-bond donors (Lipinski definition) is 1. The van der Waals surface area contributed by atoms with Gasteiger partial charge in [0.15, 0.2) is 0 Å². The molecule has 0 amide bonds. The fourth-order valence-corrected chi connectivity index (χ4v) is 2.86. The Balaban J connectivity index is 2.90. The Morgan fingerprint density at radius 1 is 1.33 bits per heavy atom. The third-order valence-corrected chi connectivity index (χ3v) is 4.21. The van der Waals surface area contributed by atoms with Gasteiger partial charge in [-0.3, -0.25) is 4.68 Å². The first kappa shape index (κ1) is 15.5. The van der Waals surface area contributed by atoms with Crippen LogP contribution >= 0.6 is 11.6 Å². The molecule has 104 valence electrons. The minimum Gasteiger partial charge on any atom is -0.314 e. The second kappa shape index (κ2) is 6.58. The number of aromatic nitrogens is 2. The van der Waals surface area contributed by atoms with Crippen LogP contribution in [0.3, 0.4) is 0 Å². The highest BCUT2D eigenvalue weighted by Crippen LogP contribution is 2.27. The molecule has 18 heavy (non-hydrogen) atoms. The largest absolute Gasteiger partial charge is 0.314 e. The van der Waals surface area contributed by atoms with Crippen molar-refractivity contribution < 1.29 is 0 Å². The van der Waals surface area contributed by atoms with Crippen molar-refractivity contribution in [1.82, 2.24) is 15.1 Å². The molecule has 0 fully saturated rings. The molecule has 2 unspecified atom stereocenters. The second-order valence-corrected chi connectivity index (χ2v) is 5.79. The van der Waals surface area contributed by atoms with Gasteiger partial charge in [0, 0.05) is 18.7 Å². The van der Waals surface area contributed by atoms with Crippen molar-refractivity contribution in [2.45, 2.75) is 47.1 Å². The molecule has 4 heteroatoms. The van der Waals surface area contributed by atoms with Gasteiger partial charge >= 0.3 is 0 Å². The lowest BCUT2D eigenvalue weighted by Crippen LogP contribution is -2.37. The van der Waals surface area contributed by atoms with Gasteiger partial charge in [0.2, 0.25) is 0 Å². The minimum atomic E-state index is 0.491. The van der Waals surface area contributed by atoms with E-state index in [1.54, 1.807) is 4.68 Å². The summed E-state index contributed by atoms with van der Waals surface area (Å²) in [7, 11) is 1.90. The summed E-state index contributed by atoms with van der Waals surface area (Å²) in [5.41, 5.74) is 2.25. The molecule has 1 rings (SSSR count).